The topological polar surface area (TPSA) is 65.6 Å². The molecule has 2 aromatic rings. The molecule has 2 aliphatic rings. The number of nitrogens with zero attached hydrogens (tertiary/aromatic N) is 1. The summed E-state index contributed by atoms with van der Waals surface area (Å²) in [5, 5.41) is 3.18. The van der Waals surface area contributed by atoms with Gasteiger partial charge in [-0.05, 0) is 49.1 Å². The van der Waals surface area contributed by atoms with Crippen molar-refractivity contribution in [3.63, 3.8) is 0 Å². The number of amides is 1. The maximum Gasteiger partial charge on any atom is 0.251 e. The minimum atomic E-state index is -0.00842. The van der Waals surface area contributed by atoms with Crippen molar-refractivity contribution in [1.29, 1.82) is 0 Å². The first-order chi connectivity index (χ1) is 13.7. The van der Waals surface area contributed by atoms with Crippen molar-refractivity contribution < 1.29 is 9.53 Å². The summed E-state index contributed by atoms with van der Waals surface area (Å²) >= 11 is 0. The summed E-state index contributed by atoms with van der Waals surface area (Å²) < 4.78 is 5.15. The molecule has 0 bridgehead atoms. The molecule has 6 heteroatoms. The molecule has 0 aromatic heterocycles. The van der Waals surface area contributed by atoms with Gasteiger partial charge in [-0.2, -0.15) is 0 Å². The molecular formula is C22H28N4O2. The van der Waals surface area contributed by atoms with Crippen molar-refractivity contribution in [2.45, 2.75) is 37.5 Å². The quantitative estimate of drug-likeness (QED) is 0.744. The molecular weight excluding hydrogens is 352 g/mol. The second kappa shape index (κ2) is 8.73. The van der Waals surface area contributed by atoms with E-state index < -0.39 is 0 Å². The number of rotatable bonds is 5. The number of nitrogens with one attached hydrogen (secondary N) is 3. The monoisotopic (exact) mass is 380 g/mol. The van der Waals surface area contributed by atoms with E-state index in [9.17, 15) is 4.79 Å². The zero-order valence-corrected chi connectivity index (χ0v) is 16.2. The highest BCUT2D eigenvalue weighted by molar-refractivity contribution is 5.94. The van der Waals surface area contributed by atoms with Gasteiger partial charge >= 0.3 is 0 Å². The number of benzene rings is 2. The van der Waals surface area contributed by atoms with Crippen molar-refractivity contribution in [3.8, 4) is 5.75 Å². The van der Waals surface area contributed by atoms with Crippen LogP contribution in [-0.2, 0) is 0 Å². The van der Waals surface area contributed by atoms with Gasteiger partial charge in [0, 0.05) is 30.7 Å². The average molecular weight is 380 g/mol. The van der Waals surface area contributed by atoms with E-state index in [0.717, 1.165) is 38.1 Å². The van der Waals surface area contributed by atoms with Crippen LogP contribution in [0.1, 0.15) is 41.2 Å². The van der Waals surface area contributed by atoms with E-state index in [1.54, 1.807) is 19.2 Å². The van der Waals surface area contributed by atoms with Gasteiger partial charge in [-0.3, -0.25) is 9.69 Å². The summed E-state index contributed by atoms with van der Waals surface area (Å²) in [4.78, 5) is 14.9. The molecule has 0 spiro atoms. The van der Waals surface area contributed by atoms with E-state index in [1.807, 2.05) is 18.2 Å². The Balaban J connectivity index is 1.25. The number of hydrazine groups is 1. The fraction of sp³-hybridized carbons (Fsp3) is 0.409. The zero-order valence-electron chi connectivity index (χ0n) is 16.2. The molecule has 2 atom stereocenters. The minimum absolute atomic E-state index is 0.00842. The average Bonchev–Trinajstić information content (AvgIpc) is 3.25. The first kappa shape index (κ1) is 18.9. The summed E-state index contributed by atoms with van der Waals surface area (Å²) in [6, 6.07) is 18.4. The maximum absolute atomic E-state index is 12.5. The Labute approximate surface area is 166 Å². The van der Waals surface area contributed by atoms with Crippen molar-refractivity contribution in [1.82, 2.24) is 21.1 Å². The Morgan fingerprint density at radius 1 is 1.04 bits per heavy atom. The van der Waals surface area contributed by atoms with Gasteiger partial charge in [-0.15, -0.1) is 0 Å². The number of likely N-dealkylation sites (tertiary alicyclic amines) is 1. The molecule has 2 heterocycles. The molecule has 4 rings (SSSR count). The predicted octanol–water partition coefficient (Wildman–Crippen LogP) is 2.45. The van der Waals surface area contributed by atoms with E-state index >= 15 is 0 Å². The molecule has 148 valence electrons. The van der Waals surface area contributed by atoms with Crippen molar-refractivity contribution in [2.75, 3.05) is 20.2 Å². The summed E-state index contributed by atoms with van der Waals surface area (Å²) in [6.45, 7) is 1.96. The van der Waals surface area contributed by atoms with Crippen molar-refractivity contribution >= 4 is 5.91 Å². The third-order valence-electron chi connectivity index (χ3n) is 5.74. The zero-order chi connectivity index (χ0) is 19.3. The highest BCUT2D eigenvalue weighted by atomic mass is 16.5. The first-order valence-corrected chi connectivity index (χ1v) is 9.98. The van der Waals surface area contributed by atoms with Gasteiger partial charge in [0.2, 0.25) is 0 Å². The standard InChI is InChI=1S/C22H28N4O2/c1-28-19-9-7-17(8-10-19)22(27)23-18-11-13-26(14-12-18)21-15-20(24-25-21)16-5-3-2-4-6-16/h2-10,18,20-21,24-25H,11-15H2,1H3,(H,23,27). The molecule has 28 heavy (non-hydrogen) atoms. The van der Waals surface area contributed by atoms with Gasteiger partial charge in [-0.25, -0.2) is 10.9 Å². The Hall–Kier alpha value is -2.41. The molecule has 1 amide bonds. The largest absolute Gasteiger partial charge is 0.497 e. The molecule has 2 fully saturated rings. The second-order valence-electron chi connectivity index (χ2n) is 7.52. The van der Waals surface area contributed by atoms with Crippen LogP contribution in [0.4, 0.5) is 0 Å². The number of carbonyl (C=O) groups excluding carboxylic acids is 1. The third kappa shape index (κ3) is 4.35. The number of piperidine rings is 1. The number of ether oxygens (including phenoxy) is 1. The van der Waals surface area contributed by atoms with E-state index in [1.165, 1.54) is 5.56 Å². The van der Waals surface area contributed by atoms with Crippen LogP contribution in [0.25, 0.3) is 0 Å². The fourth-order valence-electron chi connectivity index (χ4n) is 4.05. The van der Waals surface area contributed by atoms with Gasteiger partial charge < -0.3 is 10.1 Å². The smallest absolute Gasteiger partial charge is 0.251 e. The number of methoxy groups -OCH3 is 1. The highest BCUT2D eigenvalue weighted by Gasteiger charge is 2.32. The maximum atomic E-state index is 12.5. The van der Waals surface area contributed by atoms with E-state index in [2.05, 4.69) is 45.3 Å². The van der Waals surface area contributed by atoms with Crippen molar-refractivity contribution in [3.05, 3.63) is 65.7 Å². The van der Waals surface area contributed by atoms with Crippen LogP contribution < -0.4 is 20.9 Å². The van der Waals surface area contributed by atoms with Gasteiger partial charge in [0.15, 0.2) is 0 Å². The second-order valence-corrected chi connectivity index (χ2v) is 7.52. The van der Waals surface area contributed by atoms with Crippen LogP contribution in [-0.4, -0.2) is 43.2 Å². The summed E-state index contributed by atoms with van der Waals surface area (Å²) in [7, 11) is 1.62. The molecule has 2 aromatic carbocycles. The molecule has 0 radical (unpaired) electrons. The van der Waals surface area contributed by atoms with Crippen LogP contribution in [0.15, 0.2) is 54.6 Å². The fourth-order valence-corrected chi connectivity index (χ4v) is 4.05. The summed E-state index contributed by atoms with van der Waals surface area (Å²) in [6.07, 6.45) is 3.32. The normalized spacial score (nSPS) is 23.5. The van der Waals surface area contributed by atoms with E-state index in [0.29, 0.717) is 17.8 Å². The lowest BCUT2D eigenvalue weighted by Gasteiger charge is -2.35. The van der Waals surface area contributed by atoms with Crippen LogP contribution in [0.5, 0.6) is 5.75 Å². The Morgan fingerprint density at radius 3 is 2.43 bits per heavy atom. The summed E-state index contributed by atoms with van der Waals surface area (Å²) in [5.74, 6) is 0.752. The number of hydrogen-bond acceptors (Lipinski definition) is 5. The lowest BCUT2D eigenvalue weighted by molar-refractivity contribution is 0.0880. The van der Waals surface area contributed by atoms with E-state index in [4.69, 9.17) is 4.74 Å². The predicted molar refractivity (Wildman–Crippen MR) is 109 cm³/mol. The van der Waals surface area contributed by atoms with Gasteiger partial charge in [0.05, 0.1) is 13.3 Å². The molecule has 0 aliphatic carbocycles. The first-order valence-electron chi connectivity index (χ1n) is 9.98. The van der Waals surface area contributed by atoms with Gasteiger partial charge in [0.25, 0.3) is 5.91 Å². The van der Waals surface area contributed by atoms with Gasteiger partial charge in [0.1, 0.15) is 5.75 Å². The highest BCUT2D eigenvalue weighted by Crippen LogP contribution is 2.25. The van der Waals surface area contributed by atoms with Crippen molar-refractivity contribution in [2.24, 2.45) is 0 Å². The molecule has 2 aliphatic heterocycles. The van der Waals surface area contributed by atoms with Crippen LogP contribution in [0.3, 0.4) is 0 Å². The summed E-state index contributed by atoms with van der Waals surface area (Å²) in [5.41, 5.74) is 8.86. The molecule has 2 unspecified atom stereocenters. The minimum Gasteiger partial charge on any atom is -0.497 e. The third-order valence-corrected chi connectivity index (χ3v) is 5.74. The number of carbonyl (C=O) groups is 1. The van der Waals surface area contributed by atoms with Crippen LogP contribution >= 0.6 is 0 Å². The molecule has 2 saturated heterocycles. The lowest BCUT2D eigenvalue weighted by atomic mass is 10.0. The Kier molecular flexibility index (Phi) is 5.90. The molecule has 3 N–H and O–H groups in total. The van der Waals surface area contributed by atoms with Crippen LogP contribution in [0.2, 0.25) is 0 Å². The Morgan fingerprint density at radius 2 is 1.75 bits per heavy atom. The number of hydrogen-bond donors (Lipinski definition) is 3. The van der Waals surface area contributed by atoms with E-state index in [-0.39, 0.29) is 11.9 Å². The SMILES string of the molecule is COc1ccc(C(=O)NC2CCN(C3CC(c4ccccc4)NN3)CC2)cc1. The van der Waals surface area contributed by atoms with Gasteiger partial charge in [-0.1, -0.05) is 30.3 Å². The molecule has 0 saturated carbocycles. The van der Waals surface area contributed by atoms with Crippen LogP contribution in [0, 0.1) is 0 Å². The Bertz CT molecular complexity index is 773. The molecule has 6 nitrogen and oxygen atoms in total. The lowest BCUT2D eigenvalue weighted by Crippen LogP contribution is -2.51.